The van der Waals surface area contributed by atoms with Crippen molar-refractivity contribution in [2.45, 2.75) is 37.1 Å². The topological polar surface area (TPSA) is 26.0 Å². The predicted molar refractivity (Wildman–Crippen MR) is 56.0 cm³/mol. The van der Waals surface area contributed by atoms with Crippen molar-refractivity contribution in [2.75, 3.05) is 0 Å². The second-order valence-corrected chi connectivity index (χ2v) is 4.35. The highest BCUT2D eigenvalue weighted by Crippen LogP contribution is 2.51. The summed E-state index contributed by atoms with van der Waals surface area (Å²) in [5.74, 6) is 0. The van der Waals surface area contributed by atoms with Gasteiger partial charge in [-0.05, 0) is 30.2 Å². The van der Waals surface area contributed by atoms with Crippen LogP contribution in [0.15, 0.2) is 30.3 Å². The van der Waals surface area contributed by atoms with E-state index in [4.69, 9.17) is 5.73 Å². The number of alkyl halides is 2. The minimum Gasteiger partial charge on any atom is -0.323 e. The van der Waals surface area contributed by atoms with Gasteiger partial charge in [0.05, 0.1) is 6.04 Å². The minimum atomic E-state index is -2.41. The lowest BCUT2D eigenvalue weighted by Crippen LogP contribution is -2.32. The van der Waals surface area contributed by atoms with Gasteiger partial charge in [-0.1, -0.05) is 30.3 Å². The fraction of sp³-hybridized carbons (Fsp3) is 0.500. The third-order valence-corrected chi connectivity index (χ3v) is 3.19. The smallest absolute Gasteiger partial charge is 0.253 e. The van der Waals surface area contributed by atoms with Gasteiger partial charge < -0.3 is 5.73 Å². The molecule has 82 valence electrons. The Bertz CT molecular complexity index is 320. The van der Waals surface area contributed by atoms with Gasteiger partial charge in [-0.2, -0.15) is 0 Å². The van der Waals surface area contributed by atoms with E-state index in [1.54, 1.807) is 0 Å². The standard InChI is InChI=1S/C12H15F2N/c13-11(14)10(15)8-12(6-7-12)9-4-2-1-3-5-9/h1-5,10-11H,6-8,15H2. The van der Waals surface area contributed by atoms with Crippen LogP contribution in [-0.2, 0) is 5.41 Å². The summed E-state index contributed by atoms with van der Waals surface area (Å²) in [6.07, 6.45) is -0.0463. The second kappa shape index (κ2) is 3.89. The van der Waals surface area contributed by atoms with E-state index < -0.39 is 12.5 Å². The van der Waals surface area contributed by atoms with Crippen molar-refractivity contribution in [2.24, 2.45) is 5.73 Å². The molecule has 2 rings (SSSR count). The SMILES string of the molecule is NC(CC1(c2ccccc2)CC1)C(F)F. The van der Waals surface area contributed by atoms with E-state index in [9.17, 15) is 8.78 Å². The highest BCUT2D eigenvalue weighted by Gasteiger charge is 2.46. The Balaban J connectivity index is 2.09. The molecule has 0 amide bonds. The Kier molecular flexibility index (Phi) is 2.74. The Morgan fingerprint density at radius 3 is 2.27 bits per heavy atom. The highest BCUT2D eigenvalue weighted by atomic mass is 19.3. The van der Waals surface area contributed by atoms with E-state index in [-0.39, 0.29) is 5.41 Å². The van der Waals surface area contributed by atoms with Crippen molar-refractivity contribution in [1.29, 1.82) is 0 Å². The molecule has 2 N–H and O–H groups in total. The van der Waals surface area contributed by atoms with Crippen molar-refractivity contribution < 1.29 is 8.78 Å². The first-order valence-corrected chi connectivity index (χ1v) is 5.23. The molecule has 1 aliphatic carbocycles. The molecular weight excluding hydrogens is 196 g/mol. The maximum absolute atomic E-state index is 12.4. The molecule has 1 atom stereocenters. The van der Waals surface area contributed by atoms with Crippen LogP contribution in [0.2, 0.25) is 0 Å². The molecule has 0 bridgehead atoms. The number of hydrogen-bond donors (Lipinski definition) is 1. The van der Waals surface area contributed by atoms with E-state index in [0.717, 1.165) is 18.4 Å². The Morgan fingerprint density at radius 1 is 1.20 bits per heavy atom. The van der Waals surface area contributed by atoms with Gasteiger partial charge in [0.1, 0.15) is 0 Å². The molecule has 1 unspecified atom stereocenters. The van der Waals surface area contributed by atoms with Crippen LogP contribution in [0.1, 0.15) is 24.8 Å². The van der Waals surface area contributed by atoms with E-state index in [0.29, 0.717) is 6.42 Å². The molecule has 1 aromatic carbocycles. The third kappa shape index (κ3) is 2.17. The normalized spacial score (nSPS) is 20.3. The molecule has 1 fully saturated rings. The molecule has 1 nitrogen and oxygen atoms in total. The number of nitrogens with two attached hydrogens (primary N) is 1. The maximum atomic E-state index is 12.4. The Hall–Kier alpha value is -0.960. The van der Waals surface area contributed by atoms with Crippen LogP contribution in [-0.4, -0.2) is 12.5 Å². The number of halogens is 2. The zero-order valence-electron chi connectivity index (χ0n) is 8.50. The van der Waals surface area contributed by atoms with Crippen LogP contribution in [0.4, 0.5) is 8.78 Å². The first-order valence-electron chi connectivity index (χ1n) is 5.23. The summed E-state index contributed by atoms with van der Waals surface area (Å²) in [6, 6.07) is 8.85. The quantitative estimate of drug-likeness (QED) is 0.814. The summed E-state index contributed by atoms with van der Waals surface area (Å²) in [5.41, 5.74) is 6.53. The number of hydrogen-bond acceptors (Lipinski definition) is 1. The Morgan fingerprint density at radius 2 is 1.80 bits per heavy atom. The van der Waals surface area contributed by atoms with Gasteiger partial charge in [-0.15, -0.1) is 0 Å². The molecular formula is C12H15F2N. The van der Waals surface area contributed by atoms with Gasteiger partial charge in [0.15, 0.2) is 0 Å². The highest BCUT2D eigenvalue weighted by molar-refractivity contribution is 5.31. The summed E-state index contributed by atoms with van der Waals surface area (Å²) in [4.78, 5) is 0. The summed E-state index contributed by atoms with van der Waals surface area (Å²) in [5, 5.41) is 0. The lowest BCUT2D eigenvalue weighted by molar-refractivity contribution is 0.107. The van der Waals surface area contributed by atoms with E-state index in [1.807, 2.05) is 30.3 Å². The summed E-state index contributed by atoms with van der Waals surface area (Å²) in [7, 11) is 0. The molecule has 0 aromatic heterocycles. The lowest BCUT2D eigenvalue weighted by atomic mass is 9.89. The van der Waals surface area contributed by atoms with Crippen LogP contribution in [0.25, 0.3) is 0 Å². The van der Waals surface area contributed by atoms with Gasteiger partial charge in [0.2, 0.25) is 0 Å². The summed E-state index contributed by atoms with van der Waals surface area (Å²) >= 11 is 0. The second-order valence-electron chi connectivity index (χ2n) is 4.35. The molecule has 0 radical (unpaired) electrons. The first-order chi connectivity index (χ1) is 7.14. The van der Waals surface area contributed by atoms with Gasteiger partial charge >= 0.3 is 0 Å². The molecule has 0 saturated heterocycles. The molecule has 1 aromatic rings. The minimum absolute atomic E-state index is 0.0584. The average Bonchev–Trinajstić information content (AvgIpc) is 3.00. The molecule has 3 heteroatoms. The van der Waals surface area contributed by atoms with Crippen molar-refractivity contribution in [3.05, 3.63) is 35.9 Å². The third-order valence-electron chi connectivity index (χ3n) is 3.19. The van der Waals surface area contributed by atoms with Crippen molar-refractivity contribution in [3.63, 3.8) is 0 Å². The molecule has 1 saturated carbocycles. The average molecular weight is 211 g/mol. The molecule has 1 aliphatic rings. The summed E-state index contributed by atoms with van der Waals surface area (Å²) in [6.45, 7) is 0. The zero-order valence-corrected chi connectivity index (χ0v) is 8.50. The number of benzene rings is 1. The maximum Gasteiger partial charge on any atom is 0.253 e. The van der Waals surface area contributed by atoms with Crippen molar-refractivity contribution >= 4 is 0 Å². The molecule has 0 spiro atoms. The van der Waals surface area contributed by atoms with Gasteiger partial charge in [0.25, 0.3) is 6.43 Å². The molecule has 0 heterocycles. The first kappa shape index (κ1) is 10.6. The van der Waals surface area contributed by atoms with Crippen molar-refractivity contribution in [1.82, 2.24) is 0 Å². The Labute approximate surface area is 88.3 Å². The van der Waals surface area contributed by atoms with Crippen LogP contribution in [0.3, 0.4) is 0 Å². The number of rotatable bonds is 4. The zero-order chi connectivity index (χ0) is 10.9. The molecule has 15 heavy (non-hydrogen) atoms. The fourth-order valence-electron chi connectivity index (χ4n) is 2.09. The predicted octanol–water partition coefficient (Wildman–Crippen LogP) is 2.70. The van der Waals surface area contributed by atoms with Crippen LogP contribution >= 0.6 is 0 Å². The van der Waals surface area contributed by atoms with Gasteiger partial charge in [0, 0.05) is 0 Å². The largest absolute Gasteiger partial charge is 0.323 e. The van der Waals surface area contributed by atoms with E-state index >= 15 is 0 Å². The fourth-order valence-corrected chi connectivity index (χ4v) is 2.09. The van der Waals surface area contributed by atoms with Crippen LogP contribution in [0.5, 0.6) is 0 Å². The van der Waals surface area contributed by atoms with E-state index in [2.05, 4.69) is 0 Å². The van der Waals surface area contributed by atoms with E-state index in [1.165, 1.54) is 0 Å². The molecule has 0 aliphatic heterocycles. The van der Waals surface area contributed by atoms with Crippen LogP contribution in [0, 0.1) is 0 Å². The monoisotopic (exact) mass is 211 g/mol. The van der Waals surface area contributed by atoms with Gasteiger partial charge in [-0.3, -0.25) is 0 Å². The van der Waals surface area contributed by atoms with Gasteiger partial charge in [-0.25, -0.2) is 8.78 Å². The summed E-state index contributed by atoms with van der Waals surface area (Å²) < 4.78 is 24.8. The van der Waals surface area contributed by atoms with Crippen LogP contribution < -0.4 is 5.73 Å². The lowest BCUT2D eigenvalue weighted by Gasteiger charge is -2.19. The van der Waals surface area contributed by atoms with Crippen molar-refractivity contribution in [3.8, 4) is 0 Å².